The summed E-state index contributed by atoms with van der Waals surface area (Å²) in [6.07, 6.45) is 4.13. The van der Waals surface area contributed by atoms with E-state index in [1.54, 1.807) is 5.56 Å². The summed E-state index contributed by atoms with van der Waals surface area (Å²) in [7, 11) is 2.09. The molecule has 0 aromatic heterocycles. The molecule has 1 heteroatoms. The van der Waals surface area contributed by atoms with Gasteiger partial charge in [-0.2, -0.15) is 0 Å². The summed E-state index contributed by atoms with van der Waals surface area (Å²) in [6.45, 7) is 10.3. The minimum absolute atomic E-state index is 0.746. The molecule has 1 aliphatic carbocycles. The fourth-order valence-corrected chi connectivity index (χ4v) is 3.71. The van der Waals surface area contributed by atoms with Crippen LogP contribution in [0.25, 0.3) is 0 Å². The number of hydrogen-bond donors (Lipinski definition) is 1. The van der Waals surface area contributed by atoms with Crippen molar-refractivity contribution >= 4 is 0 Å². The fourth-order valence-electron chi connectivity index (χ4n) is 3.71. The Labute approximate surface area is 118 Å². The van der Waals surface area contributed by atoms with Crippen LogP contribution in [0.1, 0.15) is 54.4 Å². The Hall–Kier alpha value is -0.820. The monoisotopic (exact) mass is 259 g/mol. The molecule has 0 spiro atoms. The molecule has 0 aliphatic heterocycles. The number of hydrogen-bond acceptors (Lipinski definition) is 1. The van der Waals surface area contributed by atoms with Crippen molar-refractivity contribution in [1.29, 1.82) is 0 Å². The SMILES string of the molecule is CNCC1CCC(C)CC1c1cc(C)c(C)cc1C. The molecule has 3 atom stereocenters. The van der Waals surface area contributed by atoms with E-state index in [1.165, 1.54) is 36.0 Å². The van der Waals surface area contributed by atoms with Crippen LogP contribution in [-0.4, -0.2) is 13.6 Å². The Kier molecular flexibility index (Phi) is 4.67. The maximum Gasteiger partial charge on any atom is -0.00177 e. The van der Waals surface area contributed by atoms with Crippen LogP contribution in [0.4, 0.5) is 0 Å². The molecule has 0 radical (unpaired) electrons. The summed E-state index contributed by atoms with van der Waals surface area (Å²) in [6, 6.07) is 4.83. The molecule has 1 aromatic rings. The first-order chi connectivity index (χ1) is 9.02. The average molecular weight is 259 g/mol. The first-order valence-electron chi connectivity index (χ1n) is 7.75. The zero-order valence-corrected chi connectivity index (χ0v) is 13.2. The van der Waals surface area contributed by atoms with Crippen molar-refractivity contribution < 1.29 is 0 Å². The molecule has 1 fully saturated rings. The van der Waals surface area contributed by atoms with Crippen molar-refractivity contribution in [3.05, 3.63) is 34.4 Å². The van der Waals surface area contributed by atoms with E-state index in [-0.39, 0.29) is 0 Å². The number of benzene rings is 1. The van der Waals surface area contributed by atoms with Crippen LogP contribution in [0.15, 0.2) is 12.1 Å². The van der Waals surface area contributed by atoms with Crippen LogP contribution in [0.3, 0.4) is 0 Å². The Morgan fingerprint density at radius 2 is 1.74 bits per heavy atom. The highest BCUT2D eigenvalue weighted by Gasteiger charge is 2.30. The summed E-state index contributed by atoms with van der Waals surface area (Å²) < 4.78 is 0. The van der Waals surface area contributed by atoms with E-state index < -0.39 is 0 Å². The topological polar surface area (TPSA) is 12.0 Å². The second-order valence-electron chi connectivity index (χ2n) is 6.64. The Morgan fingerprint density at radius 1 is 1.05 bits per heavy atom. The minimum Gasteiger partial charge on any atom is -0.319 e. The summed E-state index contributed by atoms with van der Waals surface area (Å²) in [4.78, 5) is 0. The highest BCUT2D eigenvalue weighted by atomic mass is 14.8. The van der Waals surface area contributed by atoms with Crippen molar-refractivity contribution in [1.82, 2.24) is 5.32 Å². The third-order valence-corrected chi connectivity index (χ3v) is 5.00. The lowest BCUT2D eigenvalue weighted by Gasteiger charge is -2.36. The lowest BCUT2D eigenvalue weighted by Crippen LogP contribution is -2.30. The molecular formula is C18H29N. The number of aryl methyl sites for hydroxylation is 3. The van der Waals surface area contributed by atoms with Gasteiger partial charge < -0.3 is 5.32 Å². The molecule has 1 aromatic carbocycles. The first-order valence-corrected chi connectivity index (χ1v) is 7.75. The van der Waals surface area contributed by atoms with E-state index in [2.05, 4.69) is 52.2 Å². The van der Waals surface area contributed by atoms with E-state index >= 15 is 0 Å². The standard InChI is InChI=1S/C18H29N/c1-12-6-7-16(11-19-5)18(8-12)17-10-14(3)13(2)9-15(17)4/h9-10,12,16,18-19H,6-8,11H2,1-5H3. The van der Waals surface area contributed by atoms with Crippen molar-refractivity contribution in [3.63, 3.8) is 0 Å². The summed E-state index contributed by atoms with van der Waals surface area (Å²) in [5.74, 6) is 2.43. The molecule has 3 unspecified atom stereocenters. The lowest BCUT2D eigenvalue weighted by molar-refractivity contribution is 0.244. The van der Waals surface area contributed by atoms with E-state index in [9.17, 15) is 0 Å². The molecule has 0 amide bonds. The van der Waals surface area contributed by atoms with Crippen molar-refractivity contribution in [2.45, 2.75) is 52.9 Å². The average Bonchev–Trinajstić information content (AvgIpc) is 2.36. The van der Waals surface area contributed by atoms with Crippen LogP contribution in [0.5, 0.6) is 0 Å². The molecule has 0 heterocycles. The molecule has 0 saturated heterocycles. The van der Waals surface area contributed by atoms with Gasteiger partial charge in [-0.3, -0.25) is 0 Å². The van der Waals surface area contributed by atoms with Crippen LogP contribution in [-0.2, 0) is 0 Å². The van der Waals surface area contributed by atoms with Gasteiger partial charge in [0.05, 0.1) is 0 Å². The molecule has 19 heavy (non-hydrogen) atoms. The minimum atomic E-state index is 0.746. The molecule has 1 nitrogen and oxygen atoms in total. The third kappa shape index (κ3) is 3.20. The smallest absolute Gasteiger partial charge is 0.00177 e. The maximum absolute atomic E-state index is 3.40. The predicted molar refractivity (Wildman–Crippen MR) is 83.8 cm³/mol. The van der Waals surface area contributed by atoms with Gasteiger partial charge >= 0.3 is 0 Å². The molecule has 0 bridgehead atoms. The van der Waals surface area contributed by atoms with Crippen molar-refractivity contribution in [2.75, 3.05) is 13.6 Å². The molecular weight excluding hydrogens is 230 g/mol. The van der Waals surface area contributed by atoms with Gasteiger partial charge in [-0.25, -0.2) is 0 Å². The highest BCUT2D eigenvalue weighted by molar-refractivity contribution is 5.39. The van der Waals surface area contributed by atoms with Gasteiger partial charge in [0.1, 0.15) is 0 Å². The Morgan fingerprint density at radius 3 is 2.42 bits per heavy atom. The van der Waals surface area contributed by atoms with Crippen LogP contribution in [0, 0.1) is 32.6 Å². The van der Waals surface area contributed by atoms with Gasteiger partial charge in [0.25, 0.3) is 0 Å². The lowest BCUT2D eigenvalue weighted by atomic mass is 9.70. The number of rotatable bonds is 3. The van der Waals surface area contributed by atoms with Gasteiger partial charge in [0, 0.05) is 0 Å². The van der Waals surface area contributed by atoms with Gasteiger partial charge in [-0.05, 0) is 87.2 Å². The summed E-state index contributed by atoms with van der Waals surface area (Å²) >= 11 is 0. The zero-order chi connectivity index (χ0) is 14.0. The molecule has 1 saturated carbocycles. The van der Waals surface area contributed by atoms with Crippen molar-refractivity contribution in [3.8, 4) is 0 Å². The van der Waals surface area contributed by atoms with Gasteiger partial charge in [0.2, 0.25) is 0 Å². The van der Waals surface area contributed by atoms with E-state index in [4.69, 9.17) is 0 Å². The quantitative estimate of drug-likeness (QED) is 0.851. The molecule has 106 valence electrons. The molecule has 2 rings (SSSR count). The largest absolute Gasteiger partial charge is 0.319 e. The normalized spacial score (nSPS) is 27.5. The second-order valence-corrected chi connectivity index (χ2v) is 6.64. The van der Waals surface area contributed by atoms with E-state index in [0.717, 1.165) is 24.3 Å². The zero-order valence-electron chi connectivity index (χ0n) is 13.2. The van der Waals surface area contributed by atoms with E-state index in [1.807, 2.05) is 0 Å². The summed E-state index contributed by atoms with van der Waals surface area (Å²) in [5, 5.41) is 3.40. The van der Waals surface area contributed by atoms with Crippen molar-refractivity contribution in [2.24, 2.45) is 11.8 Å². The van der Waals surface area contributed by atoms with Gasteiger partial charge in [-0.15, -0.1) is 0 Å². The third-order valence-electron chi connectivity index (χ3n) is 5.00. The molecule has 1 N–H and O–H groups in total. The predicted octanol–water partition coefficient (Wildman–Crippen LogP) is 4.35. The van der Waals surface area contributed by atoms with Crippen LogP contribution < -0.4 is 5.32 Å². The van der Waals surface area contributed by atoms with Gasteiger partial charge in [-0.1, -0.05) is 25.5 Å². The molecule has 1 aliphatic rings. The Bertz CT molecular complexity index is 436. The maximum atomic E-state index is 3.40. The fraction of sp³-hybridized carbons (Fsp3) is 0.667. The number of nitrogens with one attached hydrogen (secondary N) is 1. The Balaban J connectivity index is 2.33. The highest BCUT2D eigenvalue weighted by Crippen LogP contribution is 2.41. The first kappa shape index (κ1) is 14.6. The van der Waals surface area contributed by atoms with Gasteiger partial charge in [0.15, 0.2) is 0 Å². The van der Waals surface area contributed by atoms with Crippen LogP contribution >= 0.6 is 0 Å². The van der Waals surface area contributed by atoms with E-state index in [0.29, 0.717) is 0 Å². The van der Waals surface area contributed by atoms with Crippen LogP contribution in [0.2, 0.25) is 0 Å². The second kappa shape index (κ2) is 6.09. The summed E-state index contributed by atoms with van der Waals surface area (Å²) in [5.41, 5.74) is 5.97.